The number of nitrogens with two attached hydrogens (primary N) is 1. The number of nitrogens with zero attached hydrogens (tertiary/aromatic N) is 2. The van der Waals surface area contributed by atoms with E-state index in [0.717, 1.165) is 12.0 Å². The van der Waals surface area contributed by atoms with Gasteiger partial charge in [-0.15, -0.1) is 0 Å². The summed E-state index contributed by atoms with van der Waals surface area (Å²) in [5, 5.41) is 0. The SMILES string of the molecule is CC(=O)c1cc(C(=O)N(CCCN)Cc2ccccc2)n(C)c1. The first-order valence-corrected chi connectivity index (χ1v) is 7.73. The van der Waals surface area contributed by atoms with Gasteiger partial charge in [0.15, 0.2) is 5.78 Å². The van der Waals surface area contributed by atoms with Gasteiger partial charge in [-0.05, 0) is 31.5 Å². The summed E-state index contributed by atoms with van der Waals surface area (Å²) < 4.78 is 1.71. The van der Waals surface area contributed by atoms with Crippen LogP contribution in [-0.2, 0) is 13.6 Å². The van der Waals surface area contributed by atoms with Crippen LogP contribution in [0.4, 0.5) is 0 Å². The zero-order chi connectivity index (χ0) is 16.8. The van der Waals surface area contributed by atoms with Crippen molar-refractivity contribution in [3.05, 3.63) is 59.4 Å². The zero-order valence-corrected chi connectivity index (χ0v) is 13.7. The van der Waals surface area contributed by atoms with Gasteiger partial charge in [0.05, 0.1) is 0 Å². The summed E-state index contributed by atoms with van der Waals surface area (Å²) in [6.07, 6.45) is 2.43. The lowest BCUT2D eigenvalue weighted by Gasteiger charge is -2.23. The Bertz CT molecular complexity index is 677. The average Bonchev–Trinajstić information content (AvgIpc) is 2.94. The van der Waals surface area contributed by atoms with Crippen LogP contribution >= 0.6 is 0 Å². The first kappa shape index (κ1) is 17.0. The third-order valence-corrected chi connectivity index (χ3v) is 3.77. The fourth-order valence-corrected chi connectivity index (χ4v) is 2.47. The Balaban J connectivity index is 2.24. The smallest absolute Gasteiger partial charge is 0.270 e. The molecule has 1 amide bonds. The molecule has 1 aromatic carbocycles. The average molecular weight is 313 g/mol. The molecule has 2 N–H and O–H groups in total. The van der Waals surface area contributed by atoms with Gasteiger partial charge in [-0.25, -0.2) is 0 Å². The van der Waals surface area contributed by atoms with Crippen molar-refractivity contribution in [2.75, 3.05) is 13.1 Å². The maximum Gasteiger partial charge on any atom is 0.270 e. The number of benzene rings is 1. The second kappa shape index (κ2) is 7.74. The van der Waals surface area contributed by atoms with Crippen LogP contribution < -0.4 is 5.73 Å². The van der Waals surface area contributed by atoms with Crippen LogP contribution in [0.1, 0.15) is 39.8 Å². The number of hydrogen-bond donors (Lipinski definition) is 1. The third-order valence-electron chi connectivity index (χ3n) is 3.77. The minimum atomic E-state index is -0.0858. The molecule has 2 aromatic rings. The van der Waals surface area contributed by atoms with Crippen LogP contribution in [-0.4, -0.2) is 34.2 Å². The fraction of sp³-hybridized carbons (Fsp3) is 0.333. The number of rotatable bonds is 7. The van der Waals surface area contributed by atoms with Crippen molar-refractivity contribution < 1.29 is 9.59 Å². The van der Waals surface area contributed by atoms with Crippen molar-refractivity contribution >= 4 is 11.7 Å². The van der Waals surface area contributed by atoms with E-state index in [1.807, 2.05) is 30.3 Å². The Kier molecular flexibility index (Phi) is 5.71. The minimum absolute atomic E-state index is 0.0452. The molecule has 0 spiro atoms. The number of hydrogen-bond acceptors (Lipinski definition) is 3. The van der Waals surface area contributed by atoms with Crippen molar-refractivity contribution in [3.63, 3.8) is 0 Å². The summed E-state index contributed by atoms with van der Waals surface area (Å²) in [5.41, 5.74) is 7.73. The minimum Gasteiger partial charge on any atom is -0.346 e. The number of Topliss-reactive ketones (excluding diaryl/α,β-unsaturated/α-hetero) is 1. The molecule has 0 fully saturated rings. The van der Waals surface area contributed by atoms with E-state index in [1.165, 1.54) is 6.92 Å². The van der Waals surface area contributed by atoms with E-state index in [0.29, 0.717) is 30.9 Å². The van der Waals surface area contributed by atoms with Crippen LogP contribution in [0.2, 0.25) is 0 Å². The molecule has 122 valence electrons. The number of carbonyl (C=O) groups excluding carboxylic acids is 2. The van der Waals surface area contributed by atoms with Crippen molar-refractivity contribution in [2.45, 2.75) is 19.9 Å². The maximum absolute atomic E-state index is 12.9. The standard InChI is InChI=1S/C18H23N3O2/c1-14(22)16-11-17(20(2)13-16)18(23)21(10-6-9-19)12-15-7-4-3-5-8-15/h3-5,7-8,11,13H,6,9-10,12,19H2,1-2H3. The highest BCUT2D eigenvalue weighted by Crippen LogP contribution is 2.14. The van der Waals surface area contributed by atoms with Gasteiger partial charge >= 0.3 is 0 Å². The quantitative estimate of drug-likeness (QED) is 0.797. The Labute approximate surface area is 136 Å². The van der Waals surface area contributed by atoms with Gasteiger partial charge in [0.2, 0.25) is 0 Å². The predicted molar refractivity (Wildman–Crippen MR) is 90.3 cm³/mol. The van der Waals surface area contributed by atoms with Gasteiger partial charge < -0.3 is 15.2 Å². The maximum atomic E-state index is 12.9. The van der Waals surface area contributed by atoms with Gasteiger partial charge in [0.25, 0.3) is 5.91 Å². The molecular formula is C18H23N3O2. The Morgan fingerprint density at radius 1 is 1.22 bits per heavy atom. The number of carbonyl (C=O) groups is 2. The first-order valence-electron chi connectivity index (χ1n) is 7.73. The molecule has 0 radical (unpaired) electrons. The van der Waals surface area contributed by atoms with Crippen molar-refractivity contribution in [2.24, 2.45) is 12.8 Å². The molecule has 0 aliphatic rings. The van der Waals surface area contributed by atoms with Crippen LogP contribution in [0.3, 0.4) is 0 Å². The molecule has 23 heavy (non-hydrogen) atoms. The lowest BCUT2D eigenvalue weighted by molar-refractivity contribution is 0.0732. The second-order valence-corrected chi connectivity index (χ2v) is 5.64. The number of amides is 1. The molecular weight excluding hydrogens is 290 g/mol. The molecule has 0 bridgehead atoms. The van der Waals surface area contributed by atoms with Gasteiger partial charge in [-0.1, -0.05) is 30.3 Å². The topological polar surface area (TPSA) is 68.3 Å². The summed E-state index contributed by atoms with van der Waals surface area (Å²) in [4.78, 5) is 26.2. The van der Waals surface area contributed by atoms with E-state index in [2.05, 4.69) is 0 Å². The van der Waals surface area contributed by atoms with Crippen LogP contribution in [0.5, 0.6) is 0 Å². The number of ketones is 1. The normalized spacial score (nSPS) is 10.6. The van der Waals surface area contributed by atoms with Gasteiger partial charge in [0.1, 0.15) is 5.69 Å². The van der Waals surface area contributed by atoms with Crippen molar-refractivity contribution in [1.82, 2.24) is 9.47 Å². The van der Waals surface area contributed by atoms with E-state index < -0.39 is 0 Å². The highest BCUT2D eigenvalue weighted by Gasteiger charge is 2.20. The lowest BCUT2D eigenvalue weighted by Crippen LogP contribution is -2.33. The molecule has 1 heterocycles. The zero-order valence-electron chi connectivity index (χ0n) is 13.7. The van der Waals surface area contributed by atoms with E-state index in [4.69, 9.17) is 5.73 Å². The molecule has 1 aromatic heterocycles. The van der Waals surface area contributed by atoms with E-state index >= 15 is 0 Å². The molecule has 0 saturated carbocycles. The molecule has 0 atom stereocenters. The summed E-state index contributed by atoms with van der Waals surface area (Å²) in [6, 6.07) is 11.5. The Morgan fingerprint density at radius 3 is 2.48 bits per heavy atom. The summed E-state index contributed by atoms with van der Waals surface area (Å²) in [6.45, 7) is 3.15. The van der Waals surface area contributed by atoms with Crippen LogP contribution in [0.15, 0.2) is 42.6 Å². The molecule has 0 aliphatic heterocycles. The monoisotopic (exact) mass is 313 g/mol. The predicted octanol–water partition coefficient (Wildman–Crippen LogP) is 2.22. The van der Waals surface area contributed by atoms with Gasteiger partial charge in [-0.2, -0.15) is 0 Å². The summed E-state index contributed by atoms with van der Waals surface area (Å²) in [5.74, 6) is -0.131. The Hall–Kier alpha value is -2.40. The van der Waals surface area contributed by atoms with E-state index in [1.54, 1.807) is 28.8 Å². The molecule has 0 unspecified atom stereocenters. The number of aromatic nitrogens is 1. The second-order valence-electron chi connectivity index (χ2n) is 5.64. The van der Waals surface area contributed by atoms with E-state index in [-0.39, 0.29) is 11.7 Å². The third kappa shape index (κ3) is 4.29. The van der Waals surface area contributed by atoms with Gasteiger partial charge in [-0.3, -0.25) is 9.59 Å². The summed E-state index contributed by atoms with van der Waals surface area (Å²) >= 11 is 0. The molecule has 5 nitrogen and oxygen atoms in total. The van der Waals surface area contributed by atoms with Crippen LogP contribution in [0, 0.1) is 0 Å². The largest absolute Gasteiger partial charge is 0.346 e. The molecule has 5 heteroatoms. The lowest BCUT2D eigenvalue weighted by atomic mass is 10.2. The van der Waals surface area contributed by atoms with Gasteiger partial charge in [0, 0.05) is 31.9 Å². The van der Waals surface area contributed by atoms with Crippen molar-refractivity contribution in [3.8, 4) is 0 Å². The van der Waals surface area contributed by atoms with E-state index in [9.17, 15) is 9.59 Å². The first-order chi connectivity index (χ1) is 11.0. The molecule has 2 rings (SSSR count). The highest BCUT2D eigenvalue weighted by molar-refractivity contribution is 5.99. The fourth-order valence-electron chi connectivity index (χ4n) is 2.47. The highest BCUT2D eigenvalue weighted by atomic mass is 16.2. The van der Waals surface area contributed by atoms with Crippen molar-refractivity contribution in [1.29, 1.82) is 0 Å². The Morgan fingerprint density at radius 2 is 1.91 bits per heavy atom. The number of aryl methyl sites for hydroxylation is 1. The summed E-state index contributed by atoms with van der Waals surface area (Å²) in [7, 11) is 1.78. The van der Waals surface area contributed by atoms with Crippen LogP contribution in [0.25, 0.3) is 0 Å². The molecule has 0 aliphatic carbocycles. The molecule has 0 saturated heterocycles.